The van der Waals surface area contributed by atoms with E-state index >= 15 is 0 Å². The van der Waals surface area contributed by atoms with Gasteiger partial charge in [0.05, 0.1) is 5.69 Å². The van der Waals surface area contributed by atoms with Crippen LogP contribution in [0.1, 0.15) is 26.3 Å². The van der Waals surface area contributed by atoms with Crippen molar-refractivity contribution in [2.45, 2.75) is 26.2 Å². The van der Waals surface area contributed by atoms with Crippen LogP contribution < -0.4 is 35.8 Å². The number of hydrogen-bond donors (Lipinski definition) is 0. The van der Waals surface area contributed by atoms with Gasteiger partial charge in [-0.3, -0.25) is 0 Å². The third-order valence-electron chi connectivity index (χ3n) is 13.6. The van der Waals surface area contributed by atoms with Crippen LogP contribution in [-0.4, -0.2) is 6.71 Å². The van der Waals surface area contributed by atoms with Gasteiger partial charge in [0.15, 0.2) is 0 Å². The summed E-state index contributed by atoms with van der Waals surface area (Å²) in [6.07, 6.45) is 0. The minimum absolute atomic E-state index is 0.130. The van der Waals surface area contributed by atoms with Gasteiger partial charge in [-0.2, -0.15) is 0 Å². The lowest BCUT2D eigenvalue weighted by Gasteiger charge is -2.43. The summed E-state index contributed by atoms with van der Waals surface area (Å²) in [7, 11) is 0. The first-order chi connectivity index (χ1) is 33.9. The second-order valence-electron chi connectivity index (χ2n) is 18.9. The summed E-state index contributed by atoms with van der Waals surface area (Å²) in [5.74, 6) is 1.73. The minimum atomic E-state index is -0.198. The molecule has 330 valence electrons. The van der Waals surface area contributed by atoms with Crippen molar-refractivity contribution < 1.29 is 4.74 Å². The maximum atomic E-state index is 7.37. The molecule has 10 aromatic rings. The SMILES string of the molecule is CC(C)(C)c1cc2c3c(c1)N(c1c(-c4ccccc4)cccc1-c1ccccc1)c1cc(N(c4ccccc4)c4ccccc4)ccc1B3c1ccc(N(c3ccccc3)c3ccccc3)cc1O2. The molecule has 0 radical (unpaired) electrons. The quantitative estimate of drug-likeness (QED) is 0.134. The van der Waals surface area contributed by atoms with Crippen molar-refractivity contribution in [2.75, 3.05) is 14.7 Å². The Morgan fingerprint density at radius 1 is 0.377 bits per heavy atom. The Morgan fingerprint density at radius 2 is 0.812 bits per heavy atom. The van der Waals surface area contributed by atoms with Crippen molar-refractivity contribution in [1.29, 1.82) is 0 Å². The minimum Gasteiger partial charge on any atom is -0.458 e. The van der Waals surface area contributed by atoms with E-state index in [0.717, 1.165) is 95.9 Å². The number of para-hydroxylation sites is 5. The van der Waals surface area contributed by atoms with Gasteiger partial charge in [0.2, 0.25) is 0 Å². The molecule has 12 rings (SSSR count). The average Bonchev–Trinajstić information content (AvgIpc) is 3.40. The summed E-state index contributed by atoms with van der Waals surface area (Å²) >= 11 is 0. The highest BCUT2D eigenvalue weighted by molar-refractivity contribution is 6.99. The van der Waals surface area contributed by atoms with E-state index in [1.807, 2.05) is 0 Å². The molecule has 5 heteroatoms. The summed E-state index contributed by atoms with van der Waals surface area (Å²) < 4.78 is 7.37. The highest BCUT2D eigenvalue weighted by atomic mass is 16.5. The Bertz CT molecular complexity index is 3320. The van der Waals surface area contributed by atoms with Crippen LogP contribution in [0.15, 0.2) is 249 Å². The van der Waals surface area contributed by atoms with Gasteiger partial charge >= 0.3 is 0 Å². The first kappa shape index (κ1) is 41.9. The lowest BCUT2D eigenvalue weighted by Crippen LogP contribution is -2.59. The van der Waals surface area contributed by atoms with Gasteiger partial charge in [-0.05, 0) is 117 Å². The summed E-state index contributed by atoms with van der Waals surface area (Å²) in [5, 5.41) is 0. The van der Waals surface area contributed by atoms with E-state index in [1.54, 1.807) is 0 Å². The second-order valence-corrected chi connectivity index (χ2v) is 18.9. The molecule has 2 aliphatic heterocycles. The van der Waals surface area contributed by atoms with Gasteiger partial charge < -0.3 is 19.4 Å². The molecule has 0 spiro atoms. The van der Waals surface area contributed by atoms with E-state index < -0.39 is 0 Å². The maximum Gasteiger partial charge on any atom is 0.256 e. The molecule has 2 aliphatic rings. The molecule has 4 nitrogen and oxygen atoms in total. The van der Waals surface area contributed by atoms with Gasteiger partial charge in [-0.15, -0.1) is 0 Å². The fourth-order valence-electron chi connectivity index (χ4n) is 10.4. The first-order valence-electron chi connectivity index (χ1n) is 23.9. The molecule has 0 unspecified atom stereocenters. The molecule has 0 fully saturated rings. The molecule has 0 aromatic heterocycles. The predicted octanol–water partition coefficient (Wildman–Crippen LogP) is 15.7. The number of rotatable bonds is 9. The summed E-state index contributed by atoms with van der Waals surface area (Å²) in [6.45, 7) is 6.77. The van der Waals surface area contributed by atoms with Gasteiger partial charge in [-0.25, -0.2) is 0 Å². The van der Waals surface area contributed by atoms with E-state index in [2.05, 4.69) is 284 Å². The molecule has 0 N–H and O–H groups in total. The molecular weight excluding hydrogens is 838 g/mol. The van der Waals surface area contributed by atoms with E-state index in [9.17, 15) is 0 Å². The highest BCUT2D eigenvalue weighted by Gasteiger charge is 2.44. The monoisotopic (exact) mass is 887 g/mol. The van der Waals surface area contributed by atoms with Crippen LogP contribution in [0.5, 0.6) is 11.5 Å². The lowest BCUT2D eigenvalue weighted by molar-refractivity contribution is 0.483. The molecule has 0 saturated heterocycles. The molecular formula is C64H50BN3O. The van der Waals surface area contributed by atoms with Crippen molar-refractivity contribution in [3.8, 4) is 33.8 Å². The number of hydrogen-bond acceptors (Lipinski definition) is 4. The van der Waals surface area contributed by atoms with Crippen molar-refractivity contribution in [3.63, 3.8) is 0 Å². The van der Waals surface area contributed by atoms with E-state index in [-0.39, 0.29) is 12.1 Å². The number of benzene rings is 10. The zero-order valence-corrected chi connectivity index (χ0v) is 39.0. The Balaban J connectivity index is 1.16. The van der Waals surface area contributed by atoms with E-state index in [1.165, 1.54) is 11.0 Å². The van der Waals surface area contributed by atoms with Crippen LogP contribution in [-0.2, 0) is 5.41 Å². The standard InChI is InChI=1S/C64H50BN3O/c1-64(2,3)47-41-59-62-61(42-47)69-60-44-53(67(50-31-18-8-19-32-50)51-33-20-9-21-34-51)38-40-57(60)65(62)56-39-37-52(66(48-27-14-6-15-28-48)49-29-16-7-17-30-49)43-58(56)68(59)63-54(45-23-10-4-11-24-45)35-22-36-55(63)46-25-12-5-13-26-46/h4-44H,1-3H3. The molecule has 0 amide bonds. The van der Waals surface area contributed by atoms with E-state index in [4.69, 9.17) is 4.74 Å². The van der Waals surface area contributed by atoms with Crippen molar-refractivity contribution in [1.82, 2.24) is 0 Å². The summed E-state index contributed by atoms with van der Waals surface area (Å²) in [5.41, 5.74) is 18.9. The molecule has 0 bridgehead atoms. The smallest absolute Gasteiger partial charge is 0.256 e. The van der Waals surface area contributed by atoms with E-state index in [0.29, 0.717) is 0 Å². The highest BCUT2D eigenvalue weighted by Crippen LogP contribution is 2.51. The normalized spacial score (nSPS) is 12.3. The molecule has 0 aliphatic carbocycles. The van der Waals surface area contributed by atoms with Gasteiger partial charge in [0, 0.05) is 62.7 Å². The Hall–Kier alpha value is -8.54. The van der Waals surface area contributed by atoms with Crippen molar-refractivity contribution in [2.24, 2.45) is 0 Å². The molecule has 2 heterocycles. The van der Waals surface area contributed by atoms with Gasteiger partial charge in [-0.1, -0.05) is 185 Å². The van der Waals surface area contributed by atoms with Crippen LogP contribution in [0.4, 0.5) is 51.2 Å². The van der Waals surface area contributed by atoms with Crippen LogP contribution in [0, 0.1) is 0 Å². The third kappa shape index (κ3) is 7.53. The largest absolute Gasteiger partial charge is 0.458 e. The Kier molecular flexibility index (Phi) is 10.5. The maximum absolute atomic E-state index is 7.37. The fraction of sp³-hybridized carbons (Fsp3) is 0.0625. The number of nitrogens with zero attached hydrogens (tertiary/aromatic N) is 3. The fourth-order valence-corrected chi connectivity index (χ4v) is 10.4. The second kappa shape index (κ2) is 17.3. The van der Waals surface area contributed by atoms with Crippen LogP contribution >= 0.6 is 0 Å². The zero-order valence-electron chi connectivity index (χ0n) is 39.0. The molecule has 0 atom stereocenters. The van der Waals surface area contributed by atoms with Crippen LogP contribution in [0.25, 0.3) is 22.3 Å². The lowest BCUT2D eigenvalue weighted by atomic mass is 9.34. The van der Waals surface area contributed by atoms with Crippen LogP contribution in [0.3, 0.4) is 0 Å². The Morgan fingerprint density at radius 3 is 1.28 bits per heavy atom. The molecule has 0 saturated carbocycles. The van der Waals surface area contributed by atoms with Crippen molar-refractivity contribution in [3.05, 3.63) is 254 Å². The Labute approximate surface area is 406 Å². The summed E-state index contributed by atoms with van der Waals surface area (Å²) in [4.78, 5) is 7.25. The number of fused-ring (bicyclic) bond motifs is 4. The topological polar surface area (TPSA) is 19.0 Å². The zero-order chi connectivity index (χ0) is 46.5. The average molecular weight is 888 g/mol. The summed E-state index contributed by atoms with van der Waals surface area (Å²) in [6, 6.07) is 89.8. The van der Waals surface area contributed by atoms with Gasteiger partial charge in [0.1, 0.15) is 11.5 Å². The van der Waals surface area contributed by atoms with Crippen molar-refractivity contribution >= 4 is 74.3 Å². The molecule has 69 heavy (non-hydrogen) atoms. The van der Waals surface area contributed by atoms with Gasteiger partial charge in [0.25, 0.3) is 6.71 Å². The number of anilines is 9. The number of ether oxygens (including phenoxy) is 1. The van der Waals surface area contributed by atoms with Crippen LogP contribution in [0.2, 0.25) is 0 Å². The third-order valence-corrected chi connectivity index (χ3v) is 13.6. The first-order valence-corrected chi connectivity index (χ1v) is 23.9. The molecule has 10 aromatic carbocycles. The predicted molar refractivity (Wildman–Crippen MR) is 291 cm³/mol.